The summed E-state index contributed by atoms with van der Waals surface area (Å²) in [5, 5.41) is 4.01. The summed E-state index contributed by atoms with van der Waals surface area (Å²) in [5.74, 6) is 0.997. The minimum Gasteiger partial charge on any atom is -0.440 e. The van der Waals surface area contributed by atoms with Gasteiger partial charge in [0.2, 0.25) is 5.91 Å². The molecule has 0 saturated heterocycles. The summed E-state index contributed by atoms with van der Waals surface area (Å²) in [6.07, 6.45) is 7.13. The van der Waals surface area contributed by atoms with E-state index in [0.29, 0.717) is 11.1 Å². The number of primary amides is 1. The molecule has 2 atom stereocenters. The van der Waals surface area contributed by atoms with Crippen LogP contribution in [-0.4, -0.2) is 28.7 Å². The first-order chi connectivity index (χ1) is 9.19. The van der Waals surface area contributed by atoms with Crippen molar-refractivity contribution in [3.8, 4) is 0 Å². The van der Waals surface area contributed by atoms with Gasteiger partial charge >= 0.3 is 0 Å². The average molecular weight is 283 g/mol. The molecule has 0 bridgehead atoms. The van der Waals surface area contributed by atoms with Crippen LogP contribution in [-0.2, 0) is 4.79 Å². The lowest BCUT2D eigenvalue weighted by Gasteiger charge is -2.33. The van der Waals surface area contributed by atoms with Gasteiger partial charge in [0.05, 0.1) is 6.20 Å². The van der Waals surface area contributed by atoms with Crippen LogP contribution in [0, 0.1) is 5.92 Å². The Hall–Kier alpha value is -1.01. The van der Waals surface area contributed by atoms with E-state index in [9.17, 15) is 4.79 Å². The minimum atomic E-state index is -0.508. The largest absolute Gasteiger partial charge is 0.440 e. The Morgan fingerprint density at radius 3 is 3.21 bits per heavy atom. The molecule has 0 radical (unpaired) electrons. The molecular weight excluding hydrogens is 262 g/mol. The van der Waals surface area contributed by atoms with E-state index in [-0.39, 0.29) is 5.91 Å². The molecule has 0 aliphatic heterocycles. The summed E-state index contributed by atoms with van der Waals surface area (Å²) in [4.78, 5) is 15.9. The Morgan fingerprint density at radius 2 is 2.58 bits per heavy atom. The standard InChI is InChI=1S/C13H21N3O2S/c1-2-16-13(11(14)17)6-3-4-10(13)5-9-19-12-15-7-8-18-12/h7-8,10,16H,2-6,9H2,1H3,(H2,14,17). The molecule has 1 aliphatic rings. The molecule has 1 amide bonds. The lowest BCUT2D eigenvalue weighted by molar-refractivity contribution is -0.125. The predicted octanol–water partition coefficient (Wildman–Crippen LogP) is 1.79. The van der Waals surface area contributed by atoms with Crippen molar-refractivity contribution in [2.24, 2.45) is 11.7 Å². The van der Waals surface area contributed by atoms with Crippen molar-refractivity contribution >= 4 is 17.7 Å². The third-order valence-corrected chi connectivity index (χ3v) is 4.74. The van der Waals surface area contributed by atoms with E-state index in [2.05, 4.69) is 10.3 Å². The van der Waals surface area contributed by atoms with Crippen molar-refractivity contribution in [2.75, 3.05) is 12.3 Å². The average Bonchev–Trinajstić information content (AvgIpc) is 3.01. The van der Waals surface area contributed by atoms with Gasteiger partial charge in [-0.1, -0.05) is 25.1 Å². The first-order valence-corrected chi connectivity index (χ1v) is 7.75. The van der Waals surface area contributed by atoms with Gasteiger partial charge in [0, 0.05) is 5.75 Å². The Kier molecular flexibility index (Phi) is 4.87. The van der Waals surface area contributed by atoms with E-state index in [1.807, 2.05) is 6.92 Å². The Morgan fingerprint density at radius 1 is 1.74 bits per heavy atom. The lowest BCUT2D eigenvalue weighted by atomic mass is 9.84. The number of hydrogen-bond donors (Lipinski definition) is 2. The molecule has 5 nitrogen and oxygen atoms in total. The Labute approximate surface area is 117 Å². The number of amides is 1. The molecule has 106 valence electrons. The van der Waals surface area contributed by atoms with Gasteiger partial charge in [0.15, 0.2) is 0 Å². The summed E-state index contributed by atoms with van der Waals surface area (Å²) < 4.78 is 5.19. The molecular formula is C13H21N3O2S. The second kappa shape index (κ2) is 6.43. The van der Waals surface area contributed by atoms with Crippen molar-refractivity contribution < 1.29 is 9.21 Å². The second-order valence-electron chi connectivity index (χ2n) is 4.89. The maximum Gasteiger partial charge on any atom is 0.255 e. The molecule has 3 N–H and O–H groups in total. The molecule has 19 heavy (non-hydrogen) atoms. The zero-order chi connectivity index (χ0) is 13.7. The monoisotopic (exact) mass is 283 g/mol. The highest BCUT2D eigenvalue weighted by Crippen LogP contribution is 2.38. The number of likely N-dealkylation sites (N-methyl/N-ethyl adjacent to an activating group) is 1. The molecule has 0 aromatic carbocycles. The molecule has 1 fully saturated rings. The first-order valence-electron chi connectivity index (χ1n) is 6.76. The van der Waals surface area contributed by atoms with E-state index in [1.165, 1.54) is 0 Å². The number of aromatic nitrogens is 1. The highest BCUT2D eigenvalue weighted by molar-refractivity contribution is 7.99. The van der Waals surface area contributed by atoms with Crippen molar-refractivity contribution in [3.05, 3.63) is 12.5 Å². The normalized spacial score (nSPS) is 26.7. The number of nitrogens with one attached hydrogen (secondary N) is 1. The van der Waals surface area contributed by atoms with E-state index in [0.717, 1.165) is 38.0 Å². The van der Waals surface area contributed by atoms with Gasteiger partial charge in [0.1, 0.15) is 11.8 Å². The van der Waals surface area contributed by atoms with Crippen LogP contribution in [0.25, 0.3) is 0 Å². The van der Waals surface area contributed by atoms with Crippen LogP contribution in [0.1, 0.15) is 32.6 Å². The molecule has 1 aliphatic carbocycles. The minimum absolute atomic E-state index is 0.210. The number of nitrogens with zero attached hydrogens (tertiary/aromatic N) is 1. The van der Waals surface area contributed by atoms with Gasteiger partial charge in [-0.2, -0.15) is 0 Å². The number of carbonyl (C=O) groups is 1. The Balaban J connectivity index is 1.92. The van der Waals surface area contributed by atoms with E-state index in [4.69, 9.17) is 10.2 Å². The summed E-state index contributed by atoms with van der Waals surface area (Å²) in [5.41, 5.74) is 5.13. The highest BCUT2D eigenvalue weighted by atomic mass is 32.2. The topological polar surface area (TPSA) is 81.1 Å². The van der Waals surface area contributed by atoms with Crippen molar-refractivity contribution in [1.29, 1.82) is 0 Å². The van der Waals surface area contributed by atoms with Crippen LogP contribution in [0.15, 0.2) is 22.1 Å². The van der Waals surface area contributed by atoms with E-state index in [1.54, 1.807) is 24.2 Å². The zero-order valence-electron chi connectivity index (χ0n) is 11.2. The Bertz CT molecular complexity index is 410. The van der Waals surface area contributed by atoms with Gasteiger partial charge in [-0.15, -0.1) is 0 Å². The molecule has 1 aromatic heterocycles. The molecule has 2 rings (SSSR count). The number of oxazole rings is 1. The lowest BCUT2D eigenvalue weighted by Crippen LogP contribution is -2.57. The van der Waals surface area contributed by atoms with Crippen molar-refractivity contribution in [3.63, 3.8) is 0 Å². The smallest absolute Gasteiger partial charge is 0.255 e. The molecule has 1 heterocycles. The van der Waals surface area contributed by atoms with Gasteiger partial charge in [0.25, 0.3) is 5.22 Å². The first kappa shape index (κ1) is 14.4. The molecule has 0 spiro atoms. The van der Waals surface area contributed by atoms with Crippen LogP contribution in [0.5, 0.6) is 0 Å². The number of rotatable bonds is 7. The molecule has 1 aromatic rings. The fourth-order valence-electron chi connectivity index (χ4n) is 3.00. The van der Waals surface area contributed by atoms with Crippen LogP contribution in [0.3, 0.4) is 0 Å². The van der Waals surface area contributed by atoms with Crippen LogP contribution >= 0.6 is 11.8 Å². The number of thioether (sulfide) groups is 1. The molecule has 6 heteroatoms. The summed E-state index contributed by atoms with van der Waals surface area (Å²) in [6, 6.07) is 0. The van der Waals surface area contributed by atoms with Gasteiger partial charge in [-0.05, 0) is 31.7 Å². The number of nitrogens with two attached hydrogens (primary N) is 1. The molecule has 2 unspecified atom stereocenters. The van der Waals surface area contributed by atoms with Crippen LogP contribution in [0.4, 0.5) is 0 Å². The SMILES string of the molecule is CCNC1(C(N)=O)CCCC1CCSc1ncco1. The van der Waals surface area contributed by atoms with Gasteiger partial charge in [-0.25, -0.2) is 4.98 Å². The second-order valence-corrected chi connectivity index (χ2v) is 5.94. The van der Waals surface area contributed by atoms with Crippen molar-refractivity contribution in [2.45, 2.75) is 43.4 Å². The summed E-state index contributed by atoms with van der Waals surface area (Å²) >= 11 is 1.59. The zero-order valence-corrected chi connectivity index (χ0v) is 12.0. The van der Waals surface area contributed by atoms with Gasteiger partial charge < -0.3 is 15.5 Å². The third-order valence-electron chi connectivity index (χ3n) is 3.85. The van der Waals surface area contributed by atoms with Crippen molar-refractivity contribution in [1.82, 2.24) is 10.3 Å². The van der Waals surface area contributed by atoms with Crippen LogP contribution in [0.2, 0.25) is 0 Å². The number of carbonyl (C=O) groups excluding carboxylic acids is 1. The number of hydrogen-bond acceptors (Lipinski definition) is 5. The third kappa shape index (κ3) is 3.12. The fourth-order valence-corrected chi connectivity index (χ4v) is 3.83. The van der Waals surface area contributed by atoms with E-state index < -0.39 is 5.54 Å². The highest BCUT2D eigenvalue weighted by Gasteiger charge is 2.46. The summed E-state index contributed by atoms with van der Waals surface area (Å²) in [6.45, 7) is 2.79. The van der Waals surface area contributed by atoms with Crippen LogP contribution < -0.4 is 11.1 Å². The predicted molar refractivity (Wildman–Crippen MR) is 74.8 cm³/mol. The van der Waals surface area contributed by atoms with E-state index >= 15 is 0 Å². The maximum absolute atomic E-state index is 11.8. The maximum atomic E-state index is 11.8. The summed E-state index contributed by atoms with van der Waals surface area (Å²) in [7, 11) is 0. The molecule has 1 saturated carbocycles. The quantitative estimate of drug-likeness (QED) is 0.746. The fraction of sp³-hybridized carbons (Fsp3) is 0.692. The van der Waals surface area contributed by atoms with Gasteiger partial charge in [-0.3, -0.25) is 4.79 Å².